The van der Waals surface area contributed by atoms with Crippen LogP contribution in [0.1, 0.15) is 19.8 Å². The van der Waals surface area contributed by atoms with Gasteiger partial charge in [0.1, 0.15) is 30.7 Å². The van der Waals surface area contributed by atoms with Gasteiger partial charge in [-0.3, -0.25) is 44.2 Å². The third-order valence-electron chi connectivity index (χ3n) is 13.7. The van der Waals surface area contributed by atoms with E-state index in [-0.39, 0.29) is 83.1 Å². The molecular formula is C78H100N6O31. The number of nitro benzene ring substituents is 2. The maximum Gasteiger partial charge on any atom is 0.319 e. The van der Waals surface area contributed by atoms with Gasteiger partial charge in [-0.1, -0.05) is 11.8 Å². The summed E-state index contributed by atoms with van der Waals surface area (Å²) in [7, 11) is 0. The number of amides is 1. The number of nitro groups is 2. The number of esters is 2. The smallest absolute Gasteiger partial charge is 0.319 e. The normalized spacial score (nSPS) is 11.0. The van der Waals surface area contributed by atoms with Crippen molar-refractivity contribution in [1.29, 1.82) is 0 Å². The van der Waals surface area contributed by atoms with Crippen LogP contribution in [-0.4, -0.2) is 314 Å². The van der Waals surface area contributed by atoms with Crippen LogP contribution in [0.2, 0.25) is 0 Å². The quantitative estimate of drug-likeness (QED) is 0.0213. The Morgan fingerprint density at radius 2 is 0.670 bits per heavy atom. The van der Waals surface area contributed by atoms with Crippen LogP contribution in [0.4, 0.5) is 34.1 Å². The average molecular weight is 1620 g/mol. The highest BCUT2D eigenvalue weighted by atomic mass is 16.6. The second-order valence-electron chi connectivity index (χ2n) is 22.2. The number of carbonyl (C=O) groups excluding carboxylic acids is 3. The first-order valence-electron chi connectivity index (χ1n) is 36.3. The first-order chi connectivity index (χ1) is 56.2. The highest BCUT2D eigenvalue weighted by Gasteiger charge is 2.23. The van der Waals surface area contributed by atoms with Gasteiger partial charge in [0.25, 0.3) is 5.69 Å². The summed E-state index contributed by atoms with van der Waals surface area (Å²) in [6, 6.07) is 7.93. The lowest BCUT2D eigenvalue weighted by Gasteiger charge is -2.25. The third-order valence-corrected chi connectivity index (χ3v) is 13.7. The van der Waals surface area contributed by atoms with E-state index in [1.807, 2.05) is 4.90 Å². The number of azo groups is 1. The van der Waals surface area contributed by atoms with Gasteiger partial charge in [0.15, 0.2) is 5.69 Å². The molecule has 37 heteroatoms. The van der Waals surface area contributed by atoms with Crippen LogP contribution in [0, 0.1) is 128 Å². The predicted octanol–water partition coefficient (Wildman–Crippen LogP) is 3.54. The molecule has 2 aromatic carbocycles. The van der Waals surface area contributed by atoms with Crippen molar-refractivity contribution in [2.75, 3.05) is 274 Å². The molecule has 0 aliphatic carbocycles. The second-order valence-corrected chi connectivity index (χ2v) is 22.2. The summed E-state index contributed by atoms with van der Waals surface area (Å²) in [5, 5.41) is 52.4. The molecule has 2 aromatic rings. The van der Waals surface area contributed by atoms with E-state index in [0.29, 0.717) is 204 Å². The van der Waals surface area contributed by atoms with Crippen molar-refractivity contribution in [2.24, 2.45) is 22.1 Å². The van der Waals surface area contributed by atoms with Crippen LogP contribution in [0.15, 0.2) is 46.6 Å². The molecular weight excluding hydrogens is 1520 g/mol. The molecule has 0 aliphatic heterocycles. The summed E-state index contributed by atoms with van der Waals surface area (Å²) in [6.07, 6.45) is 9.04. The highest BCUT2D eigenvalue weighted by molar-refractivity contribution is 5.93. The molecule has 0 bridgehead atoms. The molecule has 37 nitrogen and oxygen atoms in total. The van der Waals surface area contributed by atoms with E-state index in [9.17, 15) is 54.4 Å². The molecule has 0 aliphatic rings. The monoisotopic (exact) mass is 1620 g/mol. The van der Waals surface area contributed by atoms with Crippen molar-refractivity contribution < 1.29 is 139 Å². The van der Waals surface area contributed by atoms with Gasteiger partial charge in [-0.2, -0.15) is 0 Å². The van der Waals surface area contributed by atoms with Gasteiger partial charge >= 0.3 is 29.6 Å². The summed E-state index contributed by atoms with van der Waals surface area (Å²) in [6.45, 7) is 13.7. The summed E-state index contributed by atoms with van der Waals surface area (Å²) < 4.78 is 110. The van der Waals surface area contributed by atoms with E-state index in [2.05, 4.69) is 98.4 Å². The number of non-ortho nitro benzene ring substituents is 1. The van der Waals surface area contributed by atoms with E-state index in [1.165, 1.54) is 6.92 Å². The zero-order valence-corrected chi connectivity index (χ0v) is 64.4. The Hall–Kier alpha value is -10.2. The number of nitrogens with zero attached hydrogens (tertiary/aromatic N) is 5. The van der Waals surface area contributed by atoms with Crippen molar-refractivity contribution in [3.63, 3.8) is 0 Å². The SMILES string of the molecule is C#CC#CC#CC#CC(CC(=O)OCCOCCOCCOCCOCCOCCOCCOCCOCCOCCN(CCOCCOCCOCCOCCOCCOCCOCCOCCOCCOC(=O)CC(C#CC#CC#CC#C)C(=O)O)c1ccc(N=Nc2ccc([N+](=O)[O-])cc2[N+](=O)[O-])c(NC(C)=O)c1)C(=O)O. The van der Waals surface area contributed by atoms with Gasteiger partial charge in [-0.05, 0) is 95.3 Å². The zero-order valence-electron chi connectivity index (χ0n) is 64.4. The van der Waals surface area contributed by atoms with Gasteiger partial charge in [-0.25, -0.2) is 0 Å². The van der Waals surface area contributed by atoms with Gasteiger partial charge in [0.2, 0.25) is 5.91 Å². The topological polar surface area (TPSA) is 437 Å². The largest absolute Gasteiger partial charge is 0.480 e. The maximum atomic E-state index is 12.4. The Balaban J connectivity index is 1.55. The molecule has 3 N–H and O–H groups in total. The lowest BCUT2D eigenvalue weighted by Crippen LogP contribution is -2.31. The Morgan fingerprint density at radius 1 is 0.391 bits per heavy atom. The van der Waals surface area contributed by atoms with Gasteiger partial charge in [0, 0.05) is 31.8 Å². The van der Waals surface area contributed by atoms with Crippen molar-refractivity contribution >= 4 is 63.9 Å². The fourth-order valence-corrected chi connectivity index (χ4v) is 8.29. The fourth-order valence-electron chi connectivity index (χ4n) is 8.29. The molecule has 2 atom stereocenters. The van der Waals surface area contributed by atoms with Crippen LogP contribution in [-0.2, 0) is 119 Å². The molecule has 0 saturated carbocycles. The van der Waals surface area contributed by atoms with Crippen molar-refractivity contribution in [2.45, 2.75) is 19.8 Å². The number of terminal acetylenes is 2. The number of hydrogen-bond donors (Lipinski definition) is 3. The molecule has 0 spiro atoms. The van der Waals surface area contributed by atoms with Crippen LogP contribution < -0.4 is 10.2 Å². The van der Waals surface area contributed by atoms with Gasteiger partial charge in [0.05, 0.1) is 272 Å². The molecule has 0 saturated heterocycles. The fraction of sp³-hybridized carbons (Fsp3) is 0.577. The Morgan fingerprint density at radius 3 is 0.957 bits per heavy atom. The van der Waals surface area contributed by atoms with E-state index >= 15 is 0 Å². The molecule has 2 rings (SSSR count). The number of carboxylic acids is 2. The second kappa shape index (κ2) is 72.7. The molecule has 0 heterocycles. The van der Waals surface area contributed by atoms with Crippen LogP contribution >= 0.6 is 0 Å². The lowest BCUT2D eigenvalue weighted by molar-refractivity contribution is -0.393. The zero-order chi connectivity index (χ0) is 83.3. The number of nitrogens with one attached hydrogen (secondary N) is 1. The Bertz CT molecular complexity index is 3490. The minimum atomic E-state index is -1.28. The summed E-state index contributed by atoms with van der Waals surface area (Å²) in [5.74, 6) is 25.1. The number of ether oxygens (including phenoxy) is 20. The molecule has 1 amide bonds. The van der Waals surface area contributed by atoms with Gasteiger partial charge in [-0.15, -0.1) is 23.1 Å². The van der Waals surface area contributed by atoms with Crippen LogP contribution in [0.5, 0.6) is 0 Å². The third kappa shape index (κ3) is 59.2. The van der Waals surface area contributed by atoms with E-state index < -0.39 is 75.7 Å². The predicted molar refractivity (Wildman–Crippen MR) is 409 cm³/mol. The number of aliphatic carboxylic acids is 2. The standard InChI is InChI=1S/C78H100N6O31/c1-4-6-8-10-12-14-16-67(77(88)89)62-75(86)114-60-58-112-56-54-110-52-50-108-48-46-106-44-42-104-40-38-102-36-34-100-32-30-98-28-26-96-24-22-82(69-18-20-71(73(64-69)79-66(3)85)80-81-72-21-19-70(83(92)93)65-74(72)84(94)95)23-25-97-27-29-99-31-33-101-35-37-103-39-41-105-43-45-107-47-49-109-51-53-111-55-57-113-59-61-115-76(87)63-68(78(90)91)17-15-13-11-9-7-5-2/h1-2,18-21,64-65,67-68H,22-63H2,3H3,(H,79,85)(H,88,89)(H,90,91). The van der Waals surface area contributed by atoms with E-state index in [4.69, 9.17) is 108 Å². The number of hydrogen-bond acceptors (Lipinski definition) is 32. The summed E-state index contributed by atoms with van der Waals surface area (Å²) in [4.78, 5) is 82.5. The molecule has 628 valence electrons. The van der Waals surface area contributed by atoms with Crippen LogP contribution in [0.3, 0.4) is 0 Å². The lowest BCUT2D eigenvalue weighted by atomic mass is 10.1. The highest BCUT2D eigenvalue weighted by Crippen LogP contribution is 2.36. The molecule has 2 unspecified atom stereocenters. The minimum Gasteiger partial charge on any atom is -0.480 e. The van der Waals surface area contributed by atoms with E-state index in [1.54, 1.807) is 18.2 Å². The molecule has 0 aromatic heterocycles. The average Bonchev–Trinajstić information content (AvgIpc) is 0.826. The Kier molecular flexibility index (Phi) is 63.7. The van der Waals surface area contributed by atoms with Crippen molar-refractivity contribution in [3.8, 4) is 95.7 Å². The minimum absolute atomic E-state index is 0.0644. The van der Waals surface area contributed by atoms with Crippen LogP contribution in [0.25, 0.3) is 0 Å². The maximum absolute atomic E-state index is 12.4. The number of carboxylic acid groups (broad SMARTS) is 2. The number of carbonyl (C=O) groups is 5. The number of anilines is 2. The Labute approximate surface area is 668 Å². The number of rotatable bonds is 72. The summed E-state index contributed by atoms with van der Waals surface area (Å²) >= 11 is 0. The molecule has 115 heavy (non-hydrogen) atoms. The van der Waals surface area contributed by atoms with E-state index in [0.717, 1.165) is 18.2 Å². The number of benzene rings is 2. The first kappa shape index (κ1) is 101. The van der Waals surface area contributed by atoms with Crippen molar-refractivity contribution in [1.82, 2.24) is 0 Å². The van der Waals surface area contributed by atoms with Gasteiger partial charge < -0.3 is 115 Å². The summed E-state index contributed by atoms with van der Waals surface area (Å²) in [5.41, 5.74) is -0.310. The van der Waals surface area contributed by atoms with Crippen molar-refractivity contribution in [3.05, 3.63) is 56.6 Å². The molecule has 0 fully saturated rings. The molecule has 0 radical (unpaired) electrons. The first-order valence-corrected chi connectivity index (χ1v) is 36.3.